The van der Waals surface area contributed by atoms with E-state index in [0.717, 1.165) is 5.56 Å². The highest BCUT2D eigenvalue weighted by atomic mass is 16.5. The Balaban J connectivity index is 1.55. The monoisotopic (exact) mass is 390 g/mol. The van der Waals surface area contributed by atoms with E-state index in [9.17, 15) is 9.59 Å². The molecule has 2 heterocycles. The SMILES string of the molecule is COc1ccc(-c2ccc(C(=O)Nc3ccc4[nH]c(=O)[nH]c4c3)cn2)c(OC)c1. The van der Waals surface area contributed by atoms with Crippen molar-refractivity contribution in [2.75, 3.05) is 19.5 Å². The number of fused-ring (bicyclic) bond motifs is 1. The molecule has 8 nitrogen and oxygen atoms in total. The van der Waals surface area contributed by atoms with E-state index in [1.807, 2.05) is 12.1 Å². The number of pyridine rings is 1. The van der Waals surface area contributed by atoms with Gasteiger partial charge in [-0.2, -0.15) is 0 Å². The summed E-state index contributed by atoms with van der Waals surface area (Å²) in [6.07, 6.45) is 1.50. The van der Waals surface area contributed by atoms with Crippen LogP contribution in [0, 0.1) is 0 Å². The lowest BCUT2D eigenvalue weighted by Gasteiger charge is -2.10. The van der Waals surface area contributed by atoms with Gasteiger partial charge in [0.1, 0.15) is 11.5 Å². The molecule has 0 atom stereocenters. The van der Waals surface area contributed by atoms with E-state index in [1.165, 1.54) is 6.20 Å². The van der Waals surface area contributed by atoms with Crippen molar-refractivity contribution in [1.29, 1.82) is 0 Å². The first-order chi connectivity index (χ1) is 14.1. The van der Waals surface area contributed by atoms with Crippen LogP contribution in [-0.4, -0.2) is 35.1 Å². The minimum Gasteiger partial charge on any atom is -0.497 e. The summed E-state index contributed by atoms with van der Waals surface area (Å²) in [5.74, 6) is 1.01. The van der Waals surface area contributed by atoms with Crippen LogP contribution in [0.15, 0.2) is 59.5 Å². The largest absolute Gasteiger partial charge is 0.497 e. The summed E-state index contributed by atoms with van der Waals surface area (Å²) >= 11 is 0. The molecule has 0 unspecified atom stereocenters. The highest BCUT2D eigenvalue weighted by molar-refractivity contribution is 6.04. The fraction of sp³-hybridized carbons (Fsp3) is 0.0952. The number of hydrogen-bond donors (Lipinski definition) is 3. The molecule has 0 aliphatic rings. The predicted octanol–water partition coefficient (Wildman–Crippen LogP) is 3.19. The third kappa shape index (κ3) is 3.68. The zero-order valence-corrected chi connectivity index (χ0v) is 15.8. The van der Waals surface area contributed by atoms with E-state index in [-0.39, 0.29) is 11.6 Å². The number of anilines is 1. The van der Waals surface area contributed by atoms with Gasteiger partial charge in [0.25, 0.3) is 5.91 Å². The lowest BCUT2D eigenvalue weighted by molar-refractivity contribution is 0.102. The van der Waals surface area contributed by atoms with Crippen LogP contribution >= 0.6 is 0 Å². The first kappa shape index (κ1) is 18.3. The van der Waals surface area contributed by atoms with E-state index >= 15 is 0 Å². The van der Waals surface area contributed by atoms with Gasteiger partial charge in [-0.15, -0.1) is 0 Å². The van der Waals surface area contributed by atoms with Gasteiger partial charge in [-0.25, -0.2) is 4.79 Å². The van der Waals surface area contributed by atoms with E-state index in [0.29, 0.717) is 39.5 Å². The number of benzene rings is 2. The average molecular weight is 390 g/mol. The highest BCUT2D eigenvalue weighted by Gasteiger charge is 2.12. The lowest BCUT2D eigenvalue weighted by Crippen LogP contribution is -2.12. The molecule has 0 radical (unpaired) electrons. The zero-order chi connectivity index (χ0) is 20.4. The third-order valence-corrected chi connectivity index (χ3v) is 4.48. The van der Waals surface area contributed by atoms with Gasteiger partial charge < -0.3 is 24.8 Å². The molecule has 2 aromatic heterocycles. The van der Waals surface area contributed by atoms with Gasteiger partial charge in [0.15, 0.2) is 0 Å². The van der Waals surface area contributed by atoms with E-state index in [2.05, 4.69) is 20.3 Å². The predicted molar refractivity (Wildman–Crippen MR) is 110 cm³/mol. The number of carbonyl (C=O) groups is 1. The van der Waals surface area contributed by atoms with Crippen LogP contribution in [0.3, 0.4) is 0 Å². The number of nitrogens with one attached hydrogen (secondary N) is 3. The summed E-state index contributed by atoms with van der Waals surface area (Å²) in [6.45, 7) is 0. The molecule has 29 heavy (non-hydrogen) atoms. The fourth-order valence-electron chi connectivity index (χ4n) is 3.01. The van der Waals surface area contributed by atoms with Crippen molar-refractivity contribution in [2.24, 2.45) is 0 Å². The number of nitrogens with zero attached hydrogens (tertiary/aromatic N) is 1. The molecular weight excluding hydrogens is 372 g/mol. The number of imidazole rings is 1. The van der Waals surface area contributed by atoms with Crippen molar-refractivity contribution in [2.45, 2.75) is 0 Å². The molecule has 1 amide bonds. The number of methoxy groups -OCH3 is 2. The summed E-state index contributed by atoms with van der Waals surface area (Å²) in [6, 6.07) is 14.0. The number of ether oxygens (including phenoxy) is 2. The molecule has 146 valence electrons. The number of amides is 1. The van der Waals surface area contributed by atoms with Gasteiger partial charge in [-0.3, -0.25) is 9.78 Å². The normalized spacial score (nSPS) is 10.7. The molecule has 0 aliphatic heterocycles. The second-order valence-electron chi connectivity index (χ2n) is 6.29. The fourth-order valence-corrected chi connectivity index (χ4v) is 3.01. The van der Waals surface area contributed by atoms with Crippen molar-refractivity contribution in [3.8, 4) is 22.8 Å². The molecule has 0 saturated carbocycles. The second-order valence-corrected chi connectivity index (χ2v) is 6.29. The summed E-state index contributed by atoms with van der Waals surface area (Å²) in [5, 5.41) is 2.80. The standard InChI is InChI=1S/C21H18N4O4/c1-28-14-5-6-15(19(10-14)29-2)16-7-3-12(11-22-16)20(26)23-13-4-8-17-18(9-13)25-21(27)24-17/h3-11H,1-2H3,(H,23,26)(H2,24,25,27). The third-order valence-electron chi connectivity index (χ3n) is 4.48. The Hall–Kier alpha value is -4.07. The van der Waals surface area contributed by atoms with Gasteiger partial charge in [0, 0.05) is 23.5 Å². The number of aromatic amines is 2. The summed E-state index contributed by atoms with van der Waals surface area (Å²) in [5.41, 5.74) is 3.44. The summed E-state index contributed by atoms with van der Waals surface area (Å²) in [7, 11) is 3.17. The Bertz CT molecular complexity index is 1240. The molecule has 8 heteroatoms. The van der Waals surface area contributed by atoms with E-state index in [1.54, 1.807) is 50.6 Å². The molecular formula is C21H18N4O4. The van der Waals surface area contributed by atoms with Crippen molar-refractivity contribution in [1.82, 2.24) is 15.0 Å². The lowest BCUT2D eigenvalue weighted by atomic mass is 10.1. The van der Waals surface area contributed by atoms with Gasteiger partial charge >= 0.3 is 5.69 Å². The van der Waals surface area contributed by atoms with Gasteiger partial charge in [-0.05, 0) is 42.5 Å². The molecule has 3 N–H and O–H groups in total. The number of carbonyl (C=O) groups excluding carboxylic acids is 1. The highest BCUT2D eigenvalue weighted by Crippen LogP contribution is 2.32. The Morgan fingerprint density at radius 2 is 1.79 bits per heavy atom. The van der Waals surface area contributed by atoms with Crippen LogP contribution in [-0.2, 0) is 0 Å². The summed E-state index contributed by atoms with van der Waals surface area (Å²) in [4.78, 5) is 33.6. The van der Waals surface area contributed by atoms with Crippen molar-refractivity contribution >= 4 is 22.6 Å². The van der Waals surface area contributed by atoms with Crippen molar-refractivity contribution in [3.05, 3.63) is 70.8 Å². The van der Waals surface area contributed by atoms with Crippen LogP contribution in [0.4, 0.5) is 5.69 Å². The summed E-state index contributed by atoms with van der Waals surface area (Å²) < 4.78 is 10.6. The van der Waals surface area contributed by atoms with Gasteiger partial charge in [0.2, 0.25) is 0 Å². The molecule has 0 saturated heterocycles. The first-order valence-corrected chi connectivity index (χ1v) is 8.79. The minimum atomic E-state index is -0.303. The number of rotatable bonds is 5. The number of aromatic nitrogens is 3. The van der Waals surface area contributed by atoms with Crippen LogP contribution in [0.1, 0.15) is 10.4 Å². The Kier molecular flexibility index (Phi) is 4.74. The molecule has 0 aliphatic carbocycles. The second kappa shape index (κ2) is 7.51. The Labute approximate surface area is 165 Å². The van der Waals surface area contributed by atoms with Crippen molar-refractivity contribution in [3.63, 3.8) is 0 Å². The van der Waals surface area contributed by atoms with Crippen LogP contribution in [0.5, 0.6) is 11.5 Å². The smallest absolute Gasteiger partial charge is 0.323 e. The molecule has 0 bridgehead atoms. The van der Waals surface area contributed by atoms with E-state index < -0.39 is 0 Å². The molecule has 0 fully saturated rings. The van der Waals surface area contributed by atoms with Crippen LogP contribution in [0.25, 0.3) is 22.3 Å². The van der Waals surface area contributed by atoms with Crippen LogP contribution in [0.2, 0.25) is 0 Å². The van der Waals surface area contributed by atoms with Crippen LogP contribution < -0.4 is 20.5 Å². The quantitative estimate of drug-likeness (QED) is 0.485. The molecule has 0 spiro atoms. The zero-order valence-electron chi connectivity index (χ0n) is 15.8. The maximum absolute atomic E-state index is 12.5. The molecule has 4 rings (SSSR count). The van der Waals surface area contributed by atoms with Crippen molar-refractivity contribution < 1.29 is 14.3 Å². The Morgan fingerprint density at radius 1 is 0.966 bits per heavy atom. The number of hydrogen-bond acceptors (Lipinski definition) is 5. The molecule has 2 aromatic carbocycles. The topological polar surface area (TPSA) is 109 Å². The molecule has 4 aromatic rings. The number of H-pyrrole nitrogens is 2. The van der Waals surface area contributed by atoms with E-state index in [4.69, 9.17) is 9.47 Å². The maximum atomic E-state index is 12.5. The Morgan fingerprint density at radius 3 is 2.52 bits per heavy atom. The van der Waals surface area contributed by atoms with Gasteiger partial charge in [-0.1, -0.05) is 0 Å². The maximum Gasteiger partial charge on any atom is 0.323 e. The average Bonchev–Trinajstić information content (AvgIpc) is 3.12. The first-order valence-electron chi connectivity index (χ1n) is 8.79. The minimum absolute atomic E-state index is 0.294. The van der Waals surface area contributed by atoms with Gasteiger partial charge in [0.05, 0.1) is 36.5 Å².